The second-order valence-electron chi connectivity index (χ2n) is 13.3. The molecule has 0 atom stereocenters. The number of fused-ring (bicyclic) bond motifs is 5. The second-order valence-corrected chi connectivity index (χ2v) is 14.3. The number of rotatable bonds is 6. The molecule has 10 rings (SSSR count). The van der Waals surface area contributed by atoms with Gasteiger partial charge < -0.3 is 4.90 Å². The summed E-state index contributed by atoms with van der Waals surface area (Å²) in [6.45, 7) is 0. The van der Waals surface area contributed by atoms with E-state index in [1.54, 1.807) is 0 Å². The number of benzene rings is 9. The summed E-state index contributed by atoms with van der Waals surface area (Å²) in [4.78, 5) is 2.43. The van der Waals surface area contributed by atoms with Gasteiger partial charge >= 0.3 is 0 Å². The van der Waals surface area contributed by atoms with Crippen LogP contribution in [0.1, 0.15) is 0 Å². The lowest BCUT2D eigenvalue weighted by molar-refractivity contribution is 1.30. The zero-order valence-corrected chi connectivity index (χ0v) is 29.2. The molecule has 0 unspecified atom stereocenters. The van der Waals surface area contributed by atoms with Gasteiger partial charge in [-0.15, -0.1) is 11.3 Å². The first-order valence-corrected chi connectivity index (χ1v) is 18.6. The third-order valence-corrected chi connectivity index (χ3v) is 11.6. The molecule has 0 saturated carbocycles. The van der Waals surface area contributed by atoms with Gasteiger partial charge in [-0.2, -0.15) is 0 Å². The Morgan fingerprint density at radius 1 is 0.288 bits per heavy atom. The van der Waals surface area contributed by atoms with Crippen molar-refractivity contribution >= 4 is 70.1 Å². The van der Waals surface area contributed by atoms with E-state index in [2.05, 4.69) is 205 Å². The Morgan fingerprint density at radius 3 is 1.31 bits per heavy atom. The predicted molar refractivity (Wildman–Crippen MR) is 225 cm³/mol. The summed E-state index contributed by atoms with van der Waals surface area (Å²) in [5, 5.41) is 7.61. The fourth-order valence-electron chi connectivity index (χ4n) is 7.79. The van der Waals surface area contributed by atoms with E-state index >= 15 is 0 Å². The highest BCUT2D eigenvalue weighted by Gasteiger charge is 2.20. The van der Waals surface area contributed by atoms with Crippen molar-refractivity contribution in [3.05, 3.63) is 200 Å². The van der Waals surface area contributed by atoms with Crippen molar-refractivity contribution < 1.29 is 0 Å². The lowest BCUT2D eigenvalue weighted by Crippen LogP contribution is -2.10. The Balaban J connectivity index is 1.15. The average molecular weight is 680 g/mol. The molecule has 0 N–H and O–H groups in total. The Morgan fingerprint density at radius 2 is 0.712 bits per heavy atom. The second kappa shape index (κ2) is 12.7. The van der Waals surface area contributed by atoms with Gasteiger partial charge in [0.25, 0.3) is 0 Å². The Kier molecular flexibility index (Phi) is 7.41. The number of nitrogens with zero attached hydrogens (tertiary/aromatic N) is 1. The van der Waals surface area contributed by atoms with Crippen LogP contribution in [0.15, 0.2) is 200 Å². The maximum atomic E-state index is 2.43. The quantitative estimate of drug-likeness (QED) is 0.169. The smallest absolute Gasteiger partial charge is 0.0640 e. The number of hydrogen-bond acceptors (Lipinski definition) is 2. The SMILES string of the molecule is c1ccc(-c2cccc3c2sc2c(N(c4ccc(-c5cccc6ccccc56)cc4)c4ccc(-c5cccc6ccccc56)cc4)cccc23)cc1. The van der Waals surface area contributed by atoms with Crippen molar-refractivity contribution in [3.8, 4) is 33.4 Å². The molecule has 10 aromatic rings. The molecule has 0 saturated heterocycles. The van der Waals surface area contributed by atoms with Crippen LogP contribution in [0, 0.1) is 0 Å². The number of thiophene rings is 1. The molecule has 1 nitrogen and oxygen atoms in total. The fourth-order valence-corrected chi connectivity index (χ4v) is 9.13. The van der Waals surface area contributed by atoms with Gasteiger partial charge in [0, 0.05) is 26.8 Å². The van der Waals surface area contributed by atoms with Gasteiger partial charge in [0.2, 0.25) is 0 Å². The van der Waals surface area contributed by atoms with Gasteiger partial charge in [0.15, 0.2) is 0 Å². The predicted octanol–water partition coefficient (Wildman–Crippen LogP) is 14.8. The number of anilines is 3. The van der Waals surface area contributed by atoms with Crippen LogP contribution < -0.4 is 4.90 Å². The Bertz CT molecular complexity index is 2750. The van der Waals surface area contributed by atoms with E-state index in [-0.39, 0.29) is 0 Å². The normalized spacial score (nSPS) is 11.5. The molecule has 52 heavy (non-hydrogen) atoms. The van der Waals surface area contributed by atoms with Crippen molar-refractivity contribution in [2.24, 2.45) is 0 Å². The van der Waals surface area contributed by atoms with E-state index in [0.29, 0.717) is 0 Å². The monoisotopic (exact) mass is 679 g/mol. The van der Waals surface area contributed by atoms with Crippen LogP contribution in [0.3, 0.4) is 0 Å². The zero-order valence-electron chi connectivity index (χ0n) is 28.4. The molecule has 1 heterocycles. The van der Waals surface area contributed by atoms with Crippen molar-refractivity contribution in [1.82, 2.24) is 0 Å². The lowest BCUT2D eigenvalue weighted by Gasteiger charge is -2.26. The van der Waals surface area contributed by atoms with Crippen LogP contribution in [-0.2, 0) is 0 Å². The minimum atomic E-state index is 1.12. The van der Waals surface area contributed by atoms with Crippen LogP contribution in [0.5, 0.6) is 0 Å². The van der Waals surface area contributed by atoms with Crippen molar-refractivity contribution in [3.63, 3.8) is 0 Å². The van der Waals surface area contributed by atoms with Gasteiger partial charge in [-0.05, 0) is 85.3 Å². The first-order chi connectivity index (χ1) is 25.8. The molecule has 9 aromatic carbocycles. The molecule has 0 aliphatic rings. The van der Waals surface area contributed by atoms with Gasteiger partial charge in [-0.1, -0.05) is 170 Å². The first-order valence-electron chi connectivity index (χ1n) is 17.8. The van der Waals surface area contributed by atoms with Crippen LogP contribution in [0.4, 0.5) is 17.1 Å². The molecule has 1 aromatic heterocycles. The molecule has 0 aliphatic heterocycles. The summed E-state index contributed by atoms with van der Waals surface area (Å²) < 4.78 is 2.59. The highest BCUT2D eigenvalue weighted by molar-refractivity contribution is 7.27. The molecule has 0 fully saturated rings. The van der Waals surface area contributed by atoms with Crippen molar-refractivity contribution in [2.45, 2.75) is 0 Å². The van der Waals surface area contributed by atoms with E-state index in [0.717, 1.165) is 11.4 Å². The molecular formula is C50H33NS. The van der Waals surface area contributed by atoms with Crippen molar-refractivity contribution in [1.29, 1.82) is 0 Å². The van der Waals surface area contributed by atoms with E-state index in [1.807, 2.05) is 11.3 Å². The minimum absolute atomic E-state index is 1.12. The third-order valence-electron chi connectivity index (χ3n) is 10.3. The summed E-state index contributed by atoms with van der Waals surface area (Å²) in [5.74, 6) is 0. The highest BCUT2D eigenvalue weighted by Crippen LogP contribution is 2.47. The van der Waals surface area contributed by atoms with Crippen molar-refractivity contribution in [2.75, 3.05) is 4.90 Å². The summed E-state index contributed by atoms with van der Waals surface area (Å²) in [5.41, 5.74) is 10.8. The third kappa shape index (κ3) is 5.16. The molecule has 0 aliphatic carbocycles. The summed E-state index contributed by atoms with van der Waals surface area (Å²) in [7, 11) is 0. The van der Waals surface area contributed by atoms with E-state index in [4.69, 9.17) is 0 Å². The zero-order chi connectivity index (χ0) is 34.4. The Labute approximate surface area is 307 Å². The van der Waals surface area contributed by atoms with Gasteiger partial charge in [0.05, 0.1) is 10.4 Å². The molecule has 0 spiro atoms. The maximum Gasteiger partial charge on any atom is 0.0640 e. The summed E-state index contributed by atoms with van der Waals surface area (Å²) >= 11 is 1.89. The molecule has 0 bridgehead atoms. The highest BCUT2D eigenvalue weighted by atomic mass is 32.1. The van der Waals surface area contributed by atoms with Gasteiger partial charge in [0.1, 0.15) is 0 Å². The molecular weight excluding hydrogens is 647 g/mol. The number of hydrogen-bond donors (Lipinski definition) is 0. The maximum absolute atomic E-state index is 2.43. The molecule has 2 heteroatoms. The van der Waals surface area contributed by atoms with Crippen LogP contribution in [0.25, 0.3) is 75.1 Å². The average Bonchev–Trinajstić information content (AvgIpc) is 3.61. The topological polar surface area (TPSA) is 3.24 Å². The molecule has 244 valence electrons. The van der Waals surface area contributed by atoms with Gasteiger partial charge in [-0.3, -0.25) is 0 Å². The van der Waals surface area contributed by atoms with Crippen LogP contribution in [0.2, 0.25) is 0 Å². The molecule has 0 amide bonds. The Hall–Kier alpha value is -6.48. The first kappa shape index (κ1) is 30.4. The summed E-state index contributed by atoms with van der Waals surface area (Å²) in [6.07, 6.45) is 0. The van der Waals surface area contributed by atoms with E-state index in [9.17, 15) is 0 Å². The van der Waals surface area contributed by atoms with Gasteiger partial charge in [-0.25, -0.2) is 0 Å². The largest absolute Gasteiger partial charge is 0.309 e. The minimum Gasteiger partial charge on any atom is -0.309 e. The standard InChI is InChI=1S/C50H33NS/c1-2-12-36(13-3-1)45-22-10-23-46-47-24-11-25-48(50(47)52-49(45)46)51(39-30-26-37(27-31-39)43-20-8-16-34-14-4-6-18-41(34)43)40-32-28-38(29-33-40)44-21-9-17-35-15-5-7-19-42(35)44/h1-33H. The summed E-state index contributed by atoms with van der Waals surface area (Å²) in [6, 6.07) is 72.8. The van der Waals surface area contributed by atoms with E-state index < -0.39 is 0 Å². The fraction of sp³-hybridized carbons (Fsp3) is 0. The van der Waals surface area contributed by atoms with Crippen LogP contribution in [-0.4, -0.2) is 0 Å². The van der Waals surface area contributed by atoms with E-state index in [1.165, 1.54) is 80.8 Å². The van der Waals surface area contributed by atoms with Crippen LogP contribution >= 0.6 is 11.3 Å². The lowest BCUT2D eigenvalue weighted by atomic mass is 9.97. The molecule has 0 radical (unpaired) electrons.